The number of halogens is 2. The second kappa shape index (κ2) is 10.00. The molecule has 0 saturated carbocycles. The molecule has 0 heterocycles. The molecule has 5 aromatic carbocycles. The van der Waals surface area contributed by atoms with Gasteiger partial charge in [0.2, 0.25) is 0 Å². The summed E-state index contributed by atoms with van der Waals surface area (Å²) in [6, 6.07) is 44.5. The van der Waals surface area contributed by atoms with E-state index in [0.29, 0.717) is 5.56 Å². The third-order valence-electron chi connectivity index (χ3n) is 7.50. The molecule has 6 rings (SSSR count). The normalized spacial score (nSPS) is 13.3. The summed E-state index contributed by atoms with van der Waals surface area (Å²) in [4.78, 5) is 13.9. The molecular formula is C32H26Cl2NOSiTi. The molecule has 0 fully saturated rings. The average Bonchev–Trinajstić information content (AvgIpc) is 3.33. The van der Waals surface area contributed by atoms with E-state index in [1.807, 2.05) is 72.8 Å². The summed E-state index contributed by atoms with van der Waals surface area (Å²) in [5.41, 5.74) is 5.29. The fourth-order valence-electron chi connectivity index (χ4n) is 5.82. The third kappa shape index (κ3) is 4.39. The maximum atomic E-state index is 13.9. The predicted octanol–water partition coefficient (Wildman–Crippen LogP) is 5.76. The first-order valence-corrected chi connectivity index (χ1v) is 23.0. The fraction of sp³-hybridized carbons (Fsp3) is 0.0312. The summed E-state index contributed by atoms with van der Waals surface area (Å²) >= 11 is -5.19. The molecule has 38 heavy (non-hydrogen) atoms. The Morgan fingerprint density at radius 2 is 1.16 bits per heavy atom. The number of carbonyl (C=O) groups is 1. The van der Waals surface area contributed by atoms with Crippen molar-refractivity contribution in [3.05, 3.63) is 150 Å². The maximum absolute atomic E-state index is 13.9. The van der Waals surface area contributed by atoms with Crippen LogP contribution in [0, 0.1) is 0 Å². The Balaban J connectivity index is 1.63. The third-order valence-corrected chi connectivity index (χ3v) is 31.6. The van der Waals surface area contributed by atoms with Gasteiger partial charge in [0.1, 0.15) is 0 Å². The van der Waals surface area contributed by atoms with Crippen LogP contribution in [-0.4, -0.2) is 12.6 Å². The molecule has 6 heteroatoms. The summed E-state index contributed by atoms with van der Waals surface area (Å²) in [5.74, 6) is -0.231. The van der Waals surface area contributed by atoms with E-state index in [2.05, 4.69) is 64.5 Å². The van der Waals surface area contributed by atoms with Crippen molar-refractivity contribution in [1.29, 1.82) is 0 Å². The fourth-order valence-corrected chi connectivity index (χ4v) is 31.4. The Labute approximate surface area is 233 Å². The van der Waals surface area contributed by atoms with Crippen molar-refractivity contribution in [1.82, 2.24) is 3.80 Å². The van der Waals surface area contributed by atoms with E-state index in [9.17, 15) is 4.79 Å². The van der Waals surface area contributed by atoms with Crippen LogP contribution in [-0.2, 0) is 19.1 Å². The van der Waals surface area contributed by atoms with Crippen LogP contribution in [0.5, 0.6) is 0 Å². The van der Waals surface area contributed by atoms with Crippen molar-refractivity contribution >= 4 is 45.4 Å². The van der Waals surface area contributed by atoms with Crippen LogP contribution < -0.4 is 18.0 Å². The predicted molar refractivity (Wildman–Crippen MR) is 159 cm³/mol. The minimum atomic E-state index is -5.19. The zero-order valence-electron chi connectivity index (χ0n) is 20.7. The zero-order valence-corrected chi connectivity index (χ0v) is 24.9. The molecule has 1 aliphatic carbocycles. The average molecular weight is 587 g/mol. The Kier molecular flexibility index (Phi) is 6.67. The monoisotopic (exact) mass is 586 g/mol. The molecule has 0 atom stereocenters. The first kappa shape index (κ1) is 25.4. The van der Waals surface area contributed by atoms with Crippen molar-refractivity contribution in [2.24, 2.45) is 0 Å². The van der Waals surface area contributed by atoms with Gasteiger partial charge >= 0.3 is 234 Å². The molecule has 0 spiro atoms. The molecule has 1 aliphatic rings. The summed E-state index contributed by atoms with van der Waals surface area (Å²) in [6.07, 6.45) is 0.742. The summed E-state index contributed by atoms with van der Waals surface area (Å²) in [5, 5.41) is 2.23. The van der Waals surface area contributed by atoms with Crippen molar-refractivity contribution in [3.63, 3.8) is 0 Å². The molecule has 1 amide bonds. The standard InChI is InChI=1S/C13H9.C12H11Si.C7H7NO.2ClH.Ti/c1-3-7-12-10(5-1)9-11-6-2-4-8-13(11)12;1-3-7-11(8-4-1)13-12-9-5-2-6-10-12;8-7(9)6-4-2-1-3-5-6;;;/h1-5,7-8H,9H2;1-10,13H;1-5H,(H2,8,9);2*1H;/q;;;;;+3/p-3. The number of nitrogens with one attached hydrogen (secondary N) is 1. The van der Waals surface area contributed by atoms with Gasteiger partial charge in [-0.15, -0.1) is 0 Å². The molecule has 0 unspecified atom stereocenters. The van der Waals surface area contributed by atoms with E-state index < -0.39 is 19.4 Å². The quantitative estimate of drug-likeness (QED) is 0.247. The Bertz CT molecular complexity index is 1590. The van der Waals surface area contributed by atoms with E-state index in [-0.39, 0.29) is 5.91 Å². The van der Waals surface area contributed by atoms with Crippen LogP contribution >= 0.6 is 18.6 Å². The van der Waals surface area contributed by atoms with E-state index in [4.69, 9.17) is 18.6 Å². The Morgan fingerprint density at radius 3 is 1.79 bits per heavy atom. The van der Waals surface area contributed by atoms with Gasteiger partial charge in [-0.1, -0.05) is 0 Å². The number of rotatable bonds is 6. The molecule has 1 N–H and O–H groups in total. The van der Waals surface area contributed by atoms with Crippen molar-refractivity contribution < 1.29 is 17.5 Å². The van der Waals surface area contributed by atoms with Crippen molar-refractivity contribution in [2.75, 3.05) is 0 Å². The van der Waals surface area contributed by atoms with Gasteiger partial charge in [-0.05, 0) is 0 Å². The Morgan fingerprint density at radius 1 is 0.632 bits per heavy atom. The molecule has 5 aromatic rings. The van der Waals surface area contributed by atoms with Crippen LogP contribution in [0.25, 0.3) is 11.1 Å². The van der Waals surface area contributed by atoms with Crippen LogP contribution in [0.3, 0.4) is 0 Å². The summed E-state index contributed by atoms with van der Waals surface area (Å²) in [7, 11) is 16.2. The molecular weight excluding hydrogens is 561 g/mol. The summed E-state index contributed by atoms with van der Waals surface area (Å²) in [6.45, 7) is -2.44. The zero-order chi connectivity index (χ0) is 26.2. The van der Waals surface area contributed by atoms with Gasteiger partial charge in [-0.25, -0.2) is 0 Å². The van der Waals surface area contributed by atoms with Gasteiger partial charge in [0.15, 0.2) is 0 Å². The molecule has 0 saturated heterocycles. The van der Waals surface area contributed by atoms with Crippen LogP contribution in [0.4, 0.5) is 0 Å². The number of benzene rings is 5. The molecule has 0 aromatic heterocycles. The van der Waals surface area contributed by atoms with Gasteiger partial charge in [-0.2, -0.15) is 0 Å². The molecule has 2 nitrogen and oxygen atoms in total. The van der Waals surface area contributed by atoms with Crippen LogP contribution in [0.1, 0.15) is 21.5 Å². The topological polar surface area (TPSA) is 29.1 Å². The first-order chi connectivity index (χ1) is 18.4. The number of amides is 1. The van der Waals surface area contributed by atoms with Gasteiger partial charge in [0, 0.05) is 0 Å². The van der Waals surface area contributed by atoms with Crippen molar-refractivity contribution in [3.8, 4) is 11.1 Å². The second-order valence-electron chi connectivity index (χ2n) is 9.82. The van der Waals surface area contributed by atoms with E-state index >= 15 is 0 Å². The van der Waals surface area contributed by atoms with Gasteiger partial charge in [0.25, 0.3) is 0 Å². The van der Waals surface area contributed by atoms with Gasteiger partial charge < -0.3 is 0 Å². The molecule has 0 aliphatic heterocycles. The molecule has 0 radical (unpaired) electrons. The Hall–Kier alpha value is -2.92. The van der Waals surface area contributed by atoms with Crippen LogP contribution in [0.15, 0.2) is 133 Å². The molecule has 0 bridgehead atoms. The van der Waals surface area contributed by atoms with E-state index in [1.165, 1.54) is 11.1 Å². The summed E-state index contributed by atoms with van der Waals surface area (Å²) < 4.78 is 4.33. The number of fused-ring (bicyclic) bond motifs is 3. The number of carbonyl (C=O) groups excluding carboxylic acids is 1. The number of hydrogen-bond donors (Lipinski definition) is 1. The minimum absolute atomic E-state index is 0.231. The molecule has 187 valence electrons. The SMILES string of the molecule is O=C([NH][Ti]([Cl])([Cl])([c]1cccc2c1Cc1ccccc1-2)[SiH](c1ccccc1)c1ccccc1)c1ccccc1. The second-order valence-corrected chi connectivity index (χ2v) is 34.4. The van der Waals surface area contributed by atoms with Crippen molar-refractivity contribution in [2.45, 2.75) is 6.42 Å². The van der Waals surface area contributed by atoms with E-state index in [0.717, 1.165) is 31.8 Å². The number of hydrogen-bond acceptors (Lipinski definition) is 1. The van der Waals surface area contributed by atoms with Crippen LogP contribution in [0.2, 0.25) is 0 Å². The van der Waals surface area contributed by atoms with Gasteiger partial charge in [0.05, 0.1) is 0 Å². The van der Waals surface area contributed by atoms with Gasteiger partial charge in [-0.3, -0.25) is 0 Å². The van der Waals surface area contributed by atoms with E-state index in [1.54, 1.807) is 0 Å². The first-order valence-electron chi connectivity index (χ1n) is 12.7.